The Balaban J connectivity index is 1.96. The highest BCUT2D eigenvalue weighted by Gasteiger charge is 2.26. The zero-order valence-corrected chi connectivity index (χ0v) is 13.3. The van der Waals surface area contributed by atoms with Crippen LogP contribution in [0.5, 0.6) is 0 Å². The van der Waals surface area contributed by atoms with E-state index in [4.69, 9.17) is 0 Å². The first-order valence-corrected chi connectivity index (χ1v) is 8.31. The second kappa shape index (κ2) is 7.64. The zero-order chi connectivity index (χ0) is 15.2. The van der Waals surface area contributed by atoms with Crippen molar-refractivity contribution in [2.75, 3.05) is 13.1 Å². The van der Waals surface area contributed by atoms with E-state index < -0.39 is 5.97 Å². The molecule has 0 spiro atoms. The van der Waals surface area contributed by atoms with Gasteiger partial charge in [-0.2, -0.15) is 0 Å². The summed E-state index contributed by atoms with van der Waals surface area (Å²) >= 11 is 0. The van der Waals surface area contributed by atoms with Crippen molar-refractivity contribution in [2.24, 2.45) is 0 Å². The fourth-order valence-electron chi connectivity index (χ4n) is 3.60. The van der Waals surface area contributed by atoms with Gasteiger partial charge in [0.1, 0.15) is 5.69 Å². The summed E-state index contributed by atoms with van der Waals surface area (Å²) in [6, 6.07) is 4.59. The average molecular weight is 292 g/mol. The lowest BCUT2D eigenvalue weighted by Crippen LogP contribution is -2.42. The molecule has 0 radical (unpaired) electrons. The minimum absolute atomic E-state index is 0.339. The largest absolute Gasteiger partial charge is 0.477 e. The van der Waals surface area contributed by atoms with Crippen molar-refractivity contribution in [3.8, 4) is 0 Å². The molecule has 118 valence electrons. The van der Waals surface area contributed by atoms with E-state index in [0.717, 1.165) is 25.9 Å². The monoisotopic (exact) mass is 292 g/mol. The van der Waals surface area contributed by atoms with Crippen LogP contribution in [0.2, 0.25) is 0 Å². The Morgan fingerprint density at radius 2 is 1.90 bits per heavy atom. The molecule has 21 heavy (non-hydrogen) atoms. The number of carboxylic acids is 1. The maximum Gasteiger partial charge on any atom is 0.352 e. The first-order chi connectivity index (χ1) is 10.2. The van der Waals surface area contributed by atoms with Gasteiger partial charge in [-0.05, 0) is 37.8 Å². The van der Waals surface area contributed by atoms with E-state index >= 15 is 0 Å². The fraction of sp³-hybridized carbons (Fsp3) is 0.706. The van der Waals surface area contributed by atoms with Crippen LogP contribution < -0.4 is 0 Å². The molecule has 2 rings (SSSR count). The Labute approximate surface area is 127 Å². The van der Waals surface area contributed by atoms with Crippen molar-refractivity contribution >= 4 is 5.97 Å². The number of carboxylic acid groups (broad SMARTS) is 1. The first-order valence-electron chi connectivity index (χ1n) is 8.31. The molecule has 1 aliphatic heterocycles. The lowest BCUT2D eigenvalue weighted by molar-refractivity contribution is 0.0673. The van der Waals surface area contributed by atoms with Crippen molar-refractivity contribution in [2.45, 2.75) is 64.5 Å². The van der Waals surface area contributed by atoms with Gasteiger partial charge in [0.25, 0.3) is 0 Å². The van der Waals surface area contributed by atoms with Crippen LogP contribution in [-0.2, 0) is 0 Å². The molecule has 1 aromatic heterocycles. The highest BCUT2D eigenvalue weighted by molar-refractivity contribution is 5.85. The van der Waals surface area contributed by atoms with Crippen LogP contribution in [0.3, 0.4) is 0 Å². The number of carbonyl (C=O) groups is 1. The molecule has 1 fully saturated rings. The summed E-state index contributed by atoms with van der Waals surface area (Å²) < 4.78 is 1.95. The summed E-state index contributed by atoms with van der Waals surface area (Å²) in [6.07, 6.45) is 9.07. The number of nitrogens with zero attached hydrogens (tertiary/aromatic N) is 2. The van der Waals surface area contributed by atoms with Gasteiger partial charge in [0.2, 0.25) is 0 Å². The van der Waals surface area contributed by atoms with Gasteiger partial charge in [0.15, 0.2) is 0 Å². The van der Waals surface area contributed by atoms with Gasteiger partial charge in [0, 0.05) is 31.4 Å². The van der Waals surface area contributed by atoms with Crippen LogP contribution in [-0.4, -0.2) is 39.7 Å². The van der Waals surface area contributed by atoms with E-state index in [1.807, 2.05) is 16.8 Å². The summed E-state index contributed by atoms with van der Waals surface area (Å²) in [5.41, 5.74) is 0.423. The van der Waals surface area contributed by atoms with Crippen LogP contribution in [0.1, 0.15) is 68.9 Å². The number of rotatable bonds is 7. The Bertz CT molecular complexity index is 441. The molecule has 2 heterocycles. The number of likely N-dealkylation sites (tertiary alicyclic amines) is 1. The summed E-state index contributed by atoms with van der Waals surface area (Å²) in [4.78, 5) is 13.9. The molecule has 1 saturated heterocycles. The minimum atomic E-state index is -0.822. The van der Waals surface area contributed by atoms with Gasteiger partial charge >= 0.3 is 5.97 Å². The molecule has 1 aromatic rings. The Hall–Kier alpha value is -1.29. The normalized spacial score (nSPS) is 17.5. The summed E-state index contributed by atoms with van der Waals surface area (Å²) in [5.74, 6) is -0.822. The molecule has 4 nitrogen and oxygen atoms in total. The van der Waals surface area contributed by atoms with Crippen LogP contribution in [0, 0.1) is 0 Å². The van der Waals surface area contributed by atoms with E-state index in [0.29, 0.717) is 17.8 Å². The van der Waals surface area contributed by atoms with Crippen LogP contribution in [0.25, 0.3) is 0 Å². The Morgan fingerprint density at radius 3 is 2.43 bits per heavy atom. The fourth-order valence-corrected chi connectivity index (χ4v) is 3.60. The van der Waals surface area contributed by atoms with Gasteiger partial charge < -0.3 is 14.6 Å². The van der Waals surface area contributed by atoms with E-state index in [1.54, 1.807) is 6.07 Å². The maximum atomic E-state index is 11.2. The molecule has 4 heteroatoms. The van der Waals surface area contributed by atoms with Crippen LogP contribution in [0.15, 0.2) is 18.3 Å². The topological polar surface area (TPSA) is 45.5 Å². The number of aromatic carboxylic acids is 1. The van der Waals surface area contributed by atoms with Gasteiger partial charge in [-0.25, -0.2) is 4.79 Å². The third kappa shape index (κ3) is 3.88. The van der Waals surface area contributed by atoms with E-state index in [1.165, 1.54) is 25.7 Å². The number of hydrogen-bond acceptors (Lipinski definition) is 2. The smallest absolute Gasteiger partial charge is 0.352 e. The van der Waals surface area contributed by atoms with Crippen molar-refractivity contribution < 1.29 is 9.90 Å². The van der Waals surface area contributed by atoms with Gasteiger partial charge in [-0.1, -0.05) is 26.7 Å². The second-order valence-corrected chi connectivity index (χ2v) is 6.10. The van der Waals surface area contributed by atoms with Crippen molar-refractivity contribution in [1.29, 1.82) is 0 Å². The molecule has 0 atom stereocenters. The molecule has 0 bridgehead atoms. The van der Waals surface area contributed by atoms with Gasteiger partial charge in [-0.15, -0.1) is 0 Å². The van der Waals surface area contributed by atoms with Gasteiger partial charge in [0.05, 0.1) is 0 Å². The van der Waals surface area contributed by atoms with E-state index in [2.05, 4.69) is 18.7 Å². The minimum Gasteiger partial charge on any atom is -0.477 e. The molecule has 0 aromatic carbocycles. The Kier molecular flexibility index (Phi) is 5.85. The van der Waals surface area contributed by atoms with Crippen molar-refractivity contribution in [1.82, 2.24) is 9.47 Å². The van der Waals surface area contributed by atoms with Gasteiger partial charge in [-0.3, -0.25) is 0 Å². The second-order valence-electron chi connectivity index (χ2n) is 6.10. The maximum absolute atomic E-state index is 11.2. The highest BCUT2D eigenvalue weighted by Crippen LogP contribution is 2.27. The van der Waals surface area contributed by atoms with Crippen molar-refractivity contribution in [3.05, 3.63) is 24.0 Å². The SMILES string of the molecule is CCCC(CCC)N1CCC(n2cccc2C(=O)O)CC1. The average Bonchev–Trinajstić information content (AvgIpc) is 2.97. The third-order valence-corrected chi connectivity index (χ3v) is 4.65. The quantitative estimate of drug-likeness (QED) is 0.831. The molecule has 1 aliphatic rings. The Morgan fingerprint density at radius 1 is 1.29 bits per heavy atom. The standard InChI is InChI=1S/C17H28N2O2/c1-3-6-14(7-4-2)18-12-9-15(10-13-18)19-11-5-8-16(19)17(20)21/h5,8,11,14-15H,3-4,6-7,9-10,12-13H2,1-2H3,(H,20,21). The summed E-state index contributed by atoms with van der Waals surface area (Å²) in [6.45, 7) is 6.70. The van der Waals surface area contributed by atoms with Crippen LogP contribution in [0.4, 0.5) is 0 Å². The van der Waals surface area contributed by atoms with Crippen molar-refractivity contribution in [3.63, 3.8) is 0 Å². The first kappa shape index (κ1) is 16.1. The molecular formula is C17H28N2O2. The molecule has 0 aliphatic carbocycles. The predicted molar refractivity (Wildman–Crippen MR) is 84.8 cm³/mol. The molecular weight excluding hydrogens is 264 g/mol. The highest BCUT2D eigenvalue weighted by atomic mass is 16.4. The third-order valence-electron chi connectivity index (χ3n) is 4.65. The van der Waals surface area contributed by atoms with E-state index in [9.17, 15) is 9.90 Å². The lowest BCUT2D eigenvalue weighted by atomic mass is 9.98. The van der Waals surface area contributed by atoms with E-state index in [-0.39, 0.29) is 0 Å². The molecule has 1 N–H and O–H groups in total. The van der Waals surface area contributed by atoms with Crippen LogP contribution >= 0.6 is 0 Å². The number of hydrogen-bond donors (Lipinski definition) is 1. The molecule has 0 unspecified atom stereocenters. The summed E-state index contributed by atoms with van der Waals surface area (Å²) in [7, 11) is 0. The molecule has 0 amide bonds. The molecule has 0 saturated carbocycles. The lowest BCUT2D eigenvalue weighted by Gasteiger charge is -2.38. The number of aromatic nitrogens is 1. The predicted octanol–water partition coefficient (Wildman–Crippen LogP) is 3.79. The number of piperidine rings is 1. The summed E-state index contributed by atoms with van der Waals surface area (Å²) in [5, 5.41) is 9.23. The zero-order valence-electron chi connectivity index (χ0n) is 13.3.